The fraction of sp³-hybridized carbons (Fsp3) is 0.250. The highest BCUT2D eigenvalue weighted by molar-refractivity contribution is 7.88. The van der Waals surface area contributed by atoms with E-state index in [0.29, 0.717) is 24.3 Å². The maximum atomic E-state index is 11.2. The van der Waals surface area contributed by atoms with E-state index in [1.165, 1.54) is 0 Å². The van der Waals surface area contributed by atoms with Gasteiger partial charge in [0.05, 0.1) is 0 Å². The standard InChI is InChI=1S/C16H19O6PS/c17-23(18,19)16(24(20)21)11-5-7-13-6-4-10-15(12-13)22-14-8-2-1-3-9-14/h1-4,6,8-10,12,16H,5,7,11H2,(H,20,21)(H2,17,18,19). The van der Waals surface area contributed by atoms with Gasteiger partial charge in [0.2, 0.25) is 0 Å². The first-order chi connectivity index (χ1) is 11.4. The summed E-state index contributed by atoms with van der Waals surface area (Å²) in [5.74, 6) is 1.38. The van der Waals surface area contributed by atoms with Gasteiger partial charge in [0.25, 0.3) is 0 Å². The number of para-hydroxylation sites is 1. The third-order valence-electron chi connectivity index (χ3n) is 3.40. The van der Waals surface area contributed by atoms with Gasteiger partial charge < -0.3 is 19.1 Å². The van der Waals surface area contributed by atoms with Crippen molar-refractivity contribution in [3.8, 4) is 11.5 Å². The predicted molar refractivity (Wildman–Crippen MR) is 92.5 cm³/mol. The molecule has 0 heterocycles. The minimum Gasteiger partial charge on any atom is -0.457 e. The Labute approximate surface area is 142 Å². The number of ether oxygens (including phenoxy) is 1. The zero-order valence-corrected chi connectivity index (χ0v) is 14.5. The van der Waals surface area contributed by atoms with Crippen molar-refractivity contribution in [3.63, 3.8) is 0 Å². The summed E-state index contributed by atoms with van der Waals surface area (Å²) in [4.78, 5) is 16.6. The fourth-order valence-corrected chi connectivity index (χ4v) is 4.08. The van der Waals surface area contributed by atoms with Crippen LogP contribution in [-0.4, -0.2) is 23.5 Å². The van der Waals surface area contributed by atoms with Gasteiger partial charge in [-0.3, -0.25) is 4.57 Å². The first-order valence-electron chi connectivity index (χ1n) is 7.33. The second kappa shape index (κ2) is 8.55. The third kappa shape index (κ3) is 5.85. The minimum atomic E-state index is -4.58. The number of hydrogen-bond acceptors (Lipinski definition) is 3. The summed E-state index contributed by atoms with van der Waals surface area (Å²) in [5, 5.41) is 0. The molecule has 3 N–H and O–H groups in total. The average Bonchev–Trinajstić information content (AvgIpc) is 2.51. The highest BCUT2D eigenvalue weighted by atomic mass is 32.2. The molecule has 0 aliphatic rings. The molecule has 0 aliphatic carbocycles. The van der Waals surface area contributed by atoms with Gasteiger partial charge >= 0.3 is 7.60 Å². The van der Waals surface area contributed by atoms with Gasteiger partial charge in [0, 0.05) is 0 Å². The van der Waals surface area contributed by atoms with E-state index in [-0.39, 0.29) is 6.42 Å². The summed E-state index contributed by atoms with van der Waals surface area (Å²) in [5.41, 5.74) is 0.927. The van der Waals surface area contributed by atoms with Gasteiger partial charge in [-0.1, -0.05) is 30.3 Å². The second-order valence-electron chi connectivity index (χ2n) is 5.27. The Balaban J connectivity index is 1.95. The number of hydrogen-bond donors (Lipinski definition) is 3. The van der Waals surface area contributed by atoms with E-state index >= 15 is 0 Å². The topological polar surface area (TPSA) is 104 Å². The lowest BCUT2D eigenvalue weighted by molar-refractivity contribution is 0.364. The molecule has 2 atom stereocenters. The predicted octanol–water partition coefficient (Wildman–Crippen LogP) is 3.53. The molecule has 8 heteroatoms. The molecule has 2 aromatic carbocycles. The molecule has 0 saturated carbocycles. The van der Waals surface area contributed by atoms with Gasteiger partial charge in [-0.2, -0.15) is 0 Å². The van der Waals surface area contributed by atoms with Crippen molar-refractivity contribution in [3.05, 3.63) is 60.2 Å². The van der Waals surface area contributed by atoms with Crippen LogP contribution in [0.3, 0.4) is 0 Å². The summed E-state index contributed by atoms with van der Waals surface area (Å²) in [6.45, 7) is 0. The van der Waals surface area contributed by atoms with Crippen molar-refractivity contribution < 1.29 is 27.9 Å². The van der Waals surface area contributed by atoms with Crippen LogP contribution in [0.4, 0.5) is 0 Å². The zero-order chi connectivity index (χ0) is 17.6. The molecule has 0 fully saturated rings. The van der Waals surface area contributed by atoms with Gasteiger partial charge in [-0.15, -0.1) is 0 Å². The SMILES string of the molecule is O=S(O)C(CCCc1cccc(Oc2ccccc2)c1)P(=O)(O)O. The molecule has 130 valence electrons. The van der Waals surface area contributed by atoms with Crippen LogP contribution in [0.15, 0.2) is 54.6 Å². The highest BCUT2D eigenvalue weighted by Crippen LogP contribution is 2.45. The normalized spacial score (nSPS) is 14.1. The van der Waals surface area contributed by atoms with E-state index in [1.54, 1.807) is 0 Å². The Morgan fingerprint density at radius 2 is 1.71 bits per heavy atom. The lowest BCUT2D eigenvalue weighted by atomic mass is 10.1. The Morgan fingerprint density at radius 1 is 1.04 bits per heavy atom. The van der Waals surface area contributed by atoms with Crippen LogP contribution in [0.5, 0.6) is 11.5 Å². The Morgan fingerprint density at radius 3 is 2.33 bits per heavy atom. The summed E-state index contributed by atoms with van der Waals surface area (Å²) < 4.78 is 37.0. The van der Waals surface area contributed by atoms with Crippen molar-refractivity contribution in [2.75, 3.05) is 0 Å². The monoisotopic (exact) mass is 370 g/mol. The van der Waals surface area contributed by atoms with E-state index in [9.17, 15) is 8.77 Å². The lowest BCUT2D eigenvalue weighted by Crippen LogP contribution is -2.15. The number of aryl methyl sites for hydroxylation is 1. The summed E-state index contributed by atoms with van der Waals surface area (Å²) in [6.07, 6.45) is 0.883. The maximum Gasteiger partial charge on any atom is 0.343 e. The van der Waals surface area contributed by atoms with Crippen LogP contribution in [0.2, 0.25) is 0 Å². The number of benzene rings is 2. The molecule has 0 aromatic heterocycles. The molecule has 0 amide bonds. The largest absolute Gasteiger partial charge is 0.457 e. The highest BCUT2D eigenvalue weighted by Gasteiger charge is 2.33. The van der Waals surface area contributed by atoms with Gasteiger partial charge in [0.1, 0.15) is 11.5 Å². The number of rotatable bonds is 8. The molecule has 24 heavy (non-hydrogen) atoms. The molecular formula is C16H19O6PS. The molecule has 0 bridgehead atoms. The quantitative estimate of drug-likeness (QED) is 0.485. The minimum absolute atomic E-state index is 0.0306. The summed E-state index contributed by atoms with van der Waals surface area (Å²) in [6, 6.07) is 16.7. The maximum absolute atomic E-state index is 11.2. The molecular weight excluding hydrogens is 351 g/mol. The fourth-order valence-electron chi connectivity index (χ4n) is 2.26. The van der Waals surface area contributed by atoms with E-state index < -0.39 is 23.7 Å². The molecule has 2 unspecified atom stereocenters. The van der Waals surface area contributed by atoms with Crippen molar-refractivity contribution >= 4 is 18.7 Å². The lowest BCUT2D eigenvalue weighted by Gasteiger charge is -2.14. The van der Waals surface area contributed by atoms with Gasteiger partial charge in [-0.05, 0) is 49.1 Å². The Bertz CT molecular complexity index is 730. The molecule has 2 rings (SSSR count). The van der Waals surface area contributed by atoms with Crippen LogP contribution < -0.4 is 4.74 Å². The summed E-state index contributed by atoms with van der Waals surface area (Å²) in [7, 11) is -4.58. The van der Waals surface area contributed by atoms with E-state index in [1.807, 2.05) is 54.6 Å². The van der Waals surface area contributed by atoms with Crippen LogP contribution in [0.25, 0.3) is 0 Å². The van der Waals surface area contributed by atoms with E-state index in [0.717, 1.165) is 5.56 Å². The van der Waals surface area contributed by atoms with Crippen LogP contribution in [0, 0.1) is 0 Å². The van der Waals surface area contributed by atoms with Crippen molar-refractivity contribution in [1.29, 1.82) is 0 Å². The first-order valence-corrected chi connectivity index (χ1v) is 10.2. The van der Waals surface area contributed by atoms with Crippen LogP contribution in [0.1, 0.15) is 18.4 Å². The molecule has 0 saturated heterocycles. The van der Waals surface area contributed by atoms with Gasteiger partial charge in [-0.25, -0.2) is 4.21 Å². The molecule has 2 aromatic rings. The molecule has 6 nitrogen and oxygen atoms in total. The zero-order valence-electron chi connectivity index (χ0n) is 12.8. The van der Waals surface area contributed by atoms with Crippen LogP contribution >= 0.6 is 7.60 Å². The Hall–Kier alpha value is -1.50. The van der Waals surface area contributed by atoms with Crippen molar-refractivity contribution in [2.45, 2.75) is 24.3 Å². The molecule has 0 aliphatic heterocycles. The van der Waals surface area contributed by atoms with Crippen molar-refractivity contribution in [1.82, 2.24) is 0 Å². The molecule has 0 spiro atoms. The average molecular weight is 370 g/mol. The van der Waals surface area contributed by atoms with Crippen LogP contribution in [-0.2, 0) is 22.1 Å². The second-order valence-corrected chi connectivity index (χ2v) is 8.55. The van der Waals surface area contributed by atoms with E-state index in [4.69, 9.17) is 19.1 Å². The third-order valence-corrected chi connectivity index (χ3v) is 6.48. The first kappa shape index (κ1) is 18.8. The summed E-state index contributed by atoms with van der Waals surface area (Å²) >= 11 is -2.55. The van der Waals surface area contributed by atoms with Gasteiger partial charge in [0.15, 0.2) is 16.1 Å². The molecule has 0 radical (unpaired) electrons. The van der Waals surface area contributed by atoms with E-state index in [2.05, 4.69) is 0 Å². The Kier molecular flexibility index (Phi) is 6.71. The smallest absolute Gasteiger partial charge is 0.343 e. The van der Waals surface area contributed by atoms with Crippen molar-refractivity contribution in [2.24, 2.45) is 0 Å².